The first kappa shape index (κ1) is 20.0. The van der Waals surface area contributed by atoms with Crippen LogP contribution < -0.4 is 10.1 Å². The van der Waals surface area contributed by atoms with E-state index in [1.165, 1.54) is 17.8 Å². The van der Waals surface area contributed by atoms with Crippen LogP contribution in [-0.4, -0.2) is 22.5 Å². The van der Waals surface area contributed by atoms with Gasteiger partial charge in [-0.1, -0.05) is 19.8 Å². The highest BCUT2D eigenvalue weighted by Gasteiger charge is 2.15. The number of rotatable bonds is 9. The van der Waals surface area contributed by atoms with Gasteiger partial charge in [-0.15, -0.1) is 11.3 Å². The molecule has 3 rings (SSSR count). The Bertz CT molecular complexity index is 878. The maximum Gasteiger partial charge on any atom is 0.251 e. The number of nitrogens with one attached hydrogen (secondary N) is 1. The van der Waals surface area contributed by atoms with Gasteiger partial charge in [-0.25, -0.2) is 4.98 Å². The van der Waals surface area contributed by atoms with E-state index < -0.39 is 0 Å². The summed E-state index contributed by atoms with van der Waals surface area (Å²) in [6.45, 7) is 4.82. The quantitative estimate of drug-likeness (QED) is 0.502. The molecule has 3 aromatic rings. The van der Waals surface area contributed by atoms with Gasteiger partial charge in [0.05, 0.1) is 18.3 Å². The van der Waals surface area contributed by atoms with Crippen molar-refractivity contribution in [2.45, 2.75) is 39.2 Å². The van der Waals surface area contributed by atoms with Gasteiger partial charge in [-0.3, -0.25) is 9.78 Å². The molecule has 0 saturated carbocycles. The number of amides is 1. The van der Waals surface area contributed by atoms with Crippen LogP contribution in [0.15, 0.2) is 54.2 Å². The number of unbranched alkanes of at least 4 members (excludes halogenated alkanes) is 2. The maximum absolute atomic E-state index is 12.5. The first-order valence-corrected chi connectivity index (χ1v) is 10.4. The SMILES string of the molecule is CCCCCOc1ccc(C(=O)NC(C)c2nc(-c3ccncc3)cs2)cc1. The zero-order valence-electron chi connectivity index (χ0n) is 16.2. The van der Waals surface area contributed by atoms with Crippen molar-refractivity contribution in [1.29, 1.82) is 0 Å². The molecule has 0 bridgehead atoms. The molecule has 0 aliphatic rings. The topological polar surface area (TPSA) is 64.1 Å². The molecule has 1 atom stereocenters. The fourth-order valence-corrected chi connectivity index (χ4v) is 3.56. The van der Waals surface area contributed by atoms with E-state index in [-0.39, 0.29) is 11.9 Å². The number of carbonyl (C=O) groups is 1. The van der Waals surface area contributed by atoms with E-state index in [4.69, 9.17) is 4.74 Å². The second kappa shape index (κ2) is 9.99. The Hall–Kier alpha value is -2.73. The highest BCUT2D eigenvalue weighted by atomic mass is 32.1. The molecular formula is C22H25N3O2S. The average molecular weight is 396 g/mol. The van der Waals surface area contributed by atoms with Gasteiger partial charge in [0.2, 0.25) is 0 Å². The zero-order chi connectivity index (χ0) is 19.8. The minimum absolute atomic E-state index is 0.120. The maximum atomic E-state index is 12.5. The summed E-state index contributed by atoms with van der Waals surface area (Å²) in [7, 11) is 0. The second-order valence-corrected chi connectivity index (χ2v) is 7.47. The Morgan fingerprint density at radius 1 is 1.14 bits per heavy atom. The average Bonchev–Trinajstić information content (AvgIpc) is 3.23. The minimum Gasteiger partial charge on any atom is -0.494 e. The molecular weight excluding hydrogens is 370 g/mol. The van der Waals surface area contributed by atoms with Gasteiger partial charge in [0.25, 0.3) is 5.91 Å². The highest BCUT2D eigenvalue weighted by Crippen LogP contribution is 2.25. The summed E-state index contributed by atoms with van der Waals surface area (Å²) >= 11 is 1.54. The lowest BCUT2D eigenvalue weighted by molar-refractivity contribution is 0.0940. The van der Waals surface area contributed by atoms with Crippen LogP contribution in [-0.2, 0) is 0 Å². The zero-order valence-corrected chi connectivity index (χ0v) is 17.0. The van der Waals surface area contributed by atoms with Gasteiger partial charge >= 0.3 is 0 Å². The summed E-state index contributed by atoms with van der Waals surface area (Å²) in [6, 6.07) is 11.0. The van der Waals surface area contributed by atoms with Crippen LogP contribution in [0.5, 0.6) is 5.75 Å². The van der Waals surface area contributed by atoms with Crippen LogP contribution in [0.2, 0.25) is 0 Å². The molecule has 1 aromatic carbocycles. The molecule has 5 nitrogen and oxygen atoms in total. The van der Waals surface area contributed by atoms with E-state index >= 15 is 0 Å². The van der Waals surface area contributed by atoms with E-state index in [9.17, 15) is 4.79 Å². The van der Waals surface area contributed by atoms with Crippen molar-refractivity contribution in [3.8, 4) is 17.0 Å². The molecule has 0 spiro atoms. The Balaban J connectivity index is 1.56. The molecule has 2 aromatic heterocycles. The van der Waals surface area contributed by atoms with Crippen molar-refractivity contribution >= 4 is 17.2 Å². The van der Waals surface area contributed by atoms with Crippen LogP contribution in [0.1, 0.15) is 54.5 Å². The van der Waals surface area contributed by atoms with Gasteiger partial charge < -0.3 is 10.1 Å². The number of thiazole rings is 1. The van der Waals surface area contributed by atoms with Crippen molar-refractivity contribution in [3.05, 3.63) is 64.7 Å². The van der Waals surface area contributed by atoms with Crippen LogP contribution >= 0.6 is 11.3 Å². The molecule has 28 heavy (non-hydrogen) atoms. The predicted octanol–water partition coefficient (Wildman–Crippen LogP) is 5.27. The van der Waals surface area contributed by atoms with Crippen molar-refractivity contribution in [2.75, 3.05) is 6.61 Å². The summed E-state index contributed by atoms with van der Waals surface area (Å²) < 4.78 is 5.69. The monoisotopic (exact) mass is 395 g/mol. The lowest BCUT2D eigenvalue weighted by Gasteiger charge is -2.12. The third kappa shape index (κ3) is 5.39. The van der Waals surface area contributed by atoms with Gasteiger partial charge in [-0.05, 0) is 49.7 Å². The summed E-state index contributed by atoms with van der Waals surface area (Å²) in [5, 5.41) is 5.88. The standard InChI is InChI=1S/C22H25N3O2S/c1-3-4-5-14-27-19-8-6-18(7-9-19)21(26)24-16(2)22-25-20(15-28-22)17-10-12-23-13-11-17/h6-13,15-16H,3-5,14H2,1-2H3,(H,24,26). The van der Waals surface area contributed by atoms with Crippen molar-refractivity contribution in [1.82, 2.24) is 15.3 Å². The molecule has 0 radical (unpaired) electrons. The molecule has 0 aliphatic carbocycles. The number of pyridine rings is 1. The summed E-state index contributed by atoms with van der Waals surface area (Å²) in [6.07, 6.45) is 6.88. The Morgan fingerprint density at radius 2 is 1.89 bits per heavy atom. The Morgan fingerprint density at radius 3 is 2.61 bits per heavy atom. The summed E-state index contributed by atoms with van der Waals surface area (Å²) in [4.78, 5) is 21.2. The number of ether oxygens (including phenoxy) is 1. The third-order valence-electron chi connectivity index (χ3n) is 4.35. The van der Waals surface area contributed by atoms with E-state index in [2.05, 4.69) is 22.2 Å². The fraction of sp³-hybridized carbons (Fsp3) is 0.318. The molecule has 146 valence electrons. The molecule has 2 heterocycles. The van der Waals surface area contributed by atoms with Gasteiger partial charge in [0.1, 0.15) is 10.8 Å². The van der Waals surface area contributed by atoms with E-state index in [0.717, 1.165) is 34.9 Å². The molecule has 1 unspecified atom stereocenters. The number of hydrogen-bond donors (Lipinski definition) is 1. The number of hydrogen-bond acceptors (Lipinski definition) is 5. The van der Waals surface area contributed by atoms with Crippen LogP contribution in [0.3, 0.4) is 0 Å². The Labute approximate surface area is 169 Å². The Kier molecular flexibility index (Phi) is 7.14. The van der Waals surface area contributed by atoms with Gasteiger partial charge in [-0.2, -0.15) is 0 Å². The van der Waals surface area contributed by atoms with E-state index in [0.29, 0.717) is 12.2 Å². The lowest BCUT2D eigenvalue weighted by atomic mass is 10.2. The normalized spacial score (nSPS) is 11.8. The minimum atomic E-state index is -0.168. The smallest absolute Gasteiger partial charge is 0.251 e. The number of carbonyl (C=O) groups excluding carboxylic acids is 1. The van der Waals surface area contributed by atoms with E-state index in [1.807, 2.05) is 36.6 Å². The first-order chi connectivity index (χ1) is 13.7. The number of nitrogens with zero attached hydrogens (tertiary/aromatic N) is 2. The fourth-order valence-electron chi connectivity index (χ4n) is 2.73. The van der Waals surface area contributed by atoms with Crippen molar-refractivity contribution in [3.63, 3.8) is 0 Å². The molecule has 6 heteroatoms. The first-order valence-electron chi connectivity index (χ1n) is 9.57. The second-order valence-electron chi connectivity index (χ2n) is 6.58. The predicted molar refractivity (Wildman–Crippen MR) is 113 cm³/mol. The summed E-state index contributed by atoms with van der Waals surface area (Å²) in [5.41, 5.74) is 2.53. The lowest BCUT2D eigenvalue weighted by Crippen LogP contribution is -2.26. The number of benzene rings is 1. The van der Waals surface area contributed by atoms with Crippen molar-refractivity contribution in [2.24, 2.45) is 0 Å². The van der Waals surface area contributed by atoms with Crippen LogP contribution in [0.25, 0.3) is 11.3 Å². The molecule has 1 amide bonds. The highest BCUT2D eigenvalue weighted by molar-refractivity contribution is 7.10. The van der Waals surface area contributed by atoms with Crippen LogP contribution in [0.4, 0.5) is 0 Å². The summed E-state index contributed by atoms with van der Waals surface area (Å²) in [5.74, 6) is 0.674. The van der Waals surface area contributed by atoms with Gasteiger partial charge in [0.15, 0.2) is 0 Å². The molecule has 1 N–H and O–H groups in total. The number of aromatic nitrogens is 2. The van der Waals surface area contributed by atoms with Crippen LogP contribution in [0, 0.1) is 0 Å². The molecule has 0 aliphatic heterocycles. The third-order valence-corrected chi connectivity index (χ3v) is 5.38. The van der Waals surface area contributed by atoms with Gasteiger partial charge in [0, 0.05) is 28.9 Å². The molecule has 0 saturated heterocycles. The largest absolute Gasteiger partial charge is 0.494 e. The van der Waals surface area contributed by atoms with Crippen molar-refractivity contribution < 1.29 is 9.53 Å². The van der Waals surface area contributed by atoms with E-state index in [1.54, 1.807) is 24.5 Å². The molecule has 0 fully saturated rings.